The standard InChI is InChI=1S/C18H20N2O2/c1-21-15-4-2-3-11-12-5-8-20-9-6-14-13(7-10-22-14)18(20)17(12)19-16(11)15/h2-4,14,19H,5-10H2,1H3. The van der Waals surface area contributed by atoms with Gasteiger partial charge in [-0.1, -0.05) is 12.1 Å². The van der Waals surface area contributed by atoms with Crippen LogP contribution in [0.5, 0.6) is 5.75 Å². The molecule has 5 rings (SSSR count). The van der Waals surface area contributed by atoms with Crippen molar-refractivity contribution in [3.8, 4) is 5.75 Å². The first kappa shape index (κ1) is 12.6. The average Bonchev–Trinajstić information content (AvgIpc) is 3.18. The van der Waals surface area contributed by atoms with Gasteiger partial charge >= 0.3 is 0 Å². The molecule has 0 bridgehead atoms. The summed E-state index contributed by atoms with van der Waals surface area (Å²) >= 11 is 0. The minimum atomic E-state index is 0.338. The second-order valence-electron chi connectivity index (χ2n) is 6.37. The maximum atomic E-state index is 5.92. The maximum absolute atomic E-state index is 5.92. The second-order valence-corrected chi connectivity index (χ2v) is 6.37. The van der Waals surface area contributed by atoms with Gasteiger partial charge in [0.25, 0.3) is 0 Å². The lowest BCUT2D eigenvalue weighted by molar-refractivity contribution is 0.105. The summed E-state index contributed by atoms with van der Waals surface area (Å²) in [7, 11) is 1.74. The predicted octanol–water partition coefficient (Wildman–Crippen LogP) is 2.94. The van der Waals surface area contributed by atoms with Crippen LogP contribution in [0.4, 0.5) is 0 Å². The van der Waals surface area contributed by atoms with Gasteiger partial charge in [-0.25, -0.2) is 0 Å². The zero-order valence-electron chi connectivity index (χ0n) is 12.8. The zero-order chi connectivity index (χ0) is 14.7. The summed E-state index contributed by atoms with van der Waals surface area (Å²) in [6.45, 7) is 3.09. The number of methoxy groups -OCH3 is 1. The smallest absolute Gasteiger partial charge is 0.142 e. The monoisotopic (exact) mass is 296 g/mol. The SMILES string of the molecule is COc1cccc2c3c([nH]c12)C1=C2CCOC2CCN1CC3. The van der Waals surface area contributed by atoms with E-state index in [2.05, 4.69) is 22.0 Å². The fraction of sp³-hybridized carbons (Fsp3) is 0.444. The number of rotatable bonds is 1. The Labute approximate surface area is 129 Å². The molecule has 3 aliphatic heterocycles. The lowest BCUT2D eigenvalue weighted by atomic mass is 9.91. The normalized spacial score (nSPS) is 23.5. The van der Waals surface area contributed by atoms with Crippen LogP contribution >= 0.6 is 0 Å². The number of aromatic amines is 1. The quantitative estimate of drug-likeness (QED) is 0.879. The summed E-state index contributed by atoms with van der Waals surface area (Å²) in [6, 6.07) is 6.32. The molecular formula is C18H20N2O2. The van der Waals surface area contributed by atoms with Crippen molar-refractivity contribution in [2.45, 2.75) is 25.4 Å². The van der Waals surface area contributed by atoms with Crippen molar-refractivity contribution in [3.63, 3.8) is 0 Å². The van der Waals surface area contributed by atoms with Crippen LogP contribution in [-0.2, 0) is 11.2 Å². The van der Waals surface area contributed by atoms with Crippen LogP contribution in [0, 0.1) is 0 Å². The molecule has 1 N–H and O–H groups in total. The molecule has 1 atom stereocenters. The lowest BCUT2D eigenvalue weighted by Gasteiger charge is -2.38. The van der Waals surface area contributed by atoms with E-state index in [4.69, 9.17) is 9.47 Å². The molecular weight excluding hydrogens is 276 g/mol. The minimum absolute atomic E-state index is 0.338. The summed E-state index contributed by atoms with van der Waals surface area (Å²) in [6.07, 6.45) is 3.65. The lowest BCUT2D eigenvalue weighted by Crippen LogP contribution is -2.37. The zero-order valence-corrected chi connectivity index (χ0v) is 12.8. The van der Waals surface area contributed by atoms with E-state index in [1.54, 1.807) is 7.11 Å². The van der Waals surface area contributed by atoms with Crippen molar-refractivity contribution in [1.82, 2.24) is 9.88 Å². The van der Waals surface area contributed by atoms with E-state index in [-0.39, 0.29) is 0 Å². The highest BCUT2D eigenvalue weighted by Gasteiger charge is 2.36. The Morgan fingerprint density at radius 1 is 1.27 bits per heavy atom. The number of aromatic nitrogens is 1. The summed E-state index contributed by atoms with van der Waals surface area (Å²) in [5, 5.41) is 1.31. The van der Waals surface area contributed by atoms with E-state index in [9.17, 15) is 0 Å². The first-order valence-corrected chi connectivity index (χ1v) is 8.14. The molecule has 1 saturated heterocycles. The molecule has 1 aromatic heterocycles. The fourth-order valence-electron chi connectivity index (χ4n) is 4.36. The third-order valence-corrected chi connectivity index (χ3v) is 5.35. The number of fused-ring (bicyclic) bond motifs is 6. The molecule has 3 aliphatic rings. The molecule has 0 saturated carbocycles. The molecule has 2 aromatic rings. The molecule has 114 valence electrons. The highest BCUT2D eigenvalue weighted by atomic mass is 16.5. The van der Waals surface area contributed by atoms with Gasteiger partial charge in [0, 0.05) is 18.5 Å². The van der Waals surface area contributed by atoms with Gasteiger partial charge in [-0.15, -0.1) is 0 Å². The average molecular weight is 296 g/mol. The van der Waals surface area contributed by atoms with Gasteiger partial charge in [-0.05, 0) is 36.5 Å². The molecule has 0 radical (unpaired) electrons. The van der Waals surface area contributed by atoms with Crippen LogP contribution in [-0.4, -0.2) is 42.8 Å². The Bertz CT molecular complexity index is 790. The third kappa shape index (κ3) is 1.56. The Hall–Kier alpha value is -1.94. The van der Waals surface area contributed by atoms with Crippen LogP contribution < -0.4 is 4.74 Å². The number of hydrogen-bond donors (Lipinski definition) is 1. The van der Waals surface area contributed by atoms with E-state index in [0.29, 0.717) is 6.10 Å². The molecule has 1 unspecified atom stereocenters. The minimum Gasteiger partial charge on any atom is -0.495 e. The summed E-state index contributed by atoms with van der Waals surface area (Å²) < 4.78 is 11.5. The van der Waals surface area contributed by atoms with E-state index >= 15 is 0 Å². The molecule has 4 nitrogen and oxygen atoms in total. The van der Waals surface area contributed by atoms with Crippen LogP contribution in [0.3, 0.4) is 0 Å². The Morgan fingerprint density at radius 3 is 3.14 bits per heavy atom. The van der Waals surface area contributed by atoms with Crippen molar-refractivity contribution in [2.24, 2.45) is 0 Å². The van der Waals surface area contributed by atoms with Crippen molar-refractivity contribution >= 4 is 16.6 Å². The Morgan fingerprint density at radius 2 is 2.23 bits per heavy atom. The summed E-state index contributed by atoms with van der Waals surface area (Å²) in [5.41, 5.74) is 6.79. The topological polar surface area (TPSA) is 37.5 Å². The van der Waals surface area contributed by atoms with Crippen LogP contribution in [0.1, 0.15) is 24.1 Å². The third-order valence-electron chi connectivity index (χ3n) is 5.35. The first-order valence-electron chi connectivity index (χ1n) is 8.14. The second kappa shape index (κ2) is 4.53. The van der Waals surface area contributed by atoms with Gasteiger partial charge in [0.2, 0.25) is 0 Å². The highest BCUT2D eigenvalue weighted by molar-refractivity contribution is 5.94. The Balaban J connectivity index is 1.79. The highest BCUT2D eigenvalue weighted by Crippen LogP contribution is 2.43. The number of ether oxygens (including phenoxy) is 2. The van der Waals surface area contributed by atoms with Crippen molar-refractivity contribution in [3.05, 3.63) is 35.0 Å². The number of H-pyrrole nitrogens is 1. The molecule has 0 aliphatic carbocycles. The van der Waals surface area contributed by atoms with Crippen LogP contribution in [0.2, 0.25) is 0 Å². The van der Waals surface area contributed by atoms with Gasteiger partial charge in [0.15, 0.2) is 0 Å². The van der Waals surface area contributed by atoms with Crippen molar-refractivity contribution in [2.75, 3.05) is 26.8 Å². The molecule has 4 heteroatoms. The van der Waals surface area contributed by atoms with E-state index in [1.807, 2.05) is 6.07 Å². The number of nitrogens with zero attached hydrogens (tertiary/aromatic N) is 1. The predicted molar refractivity (Wildman–Crippen MR) is 86.0 cm³/mol. The number of para-hydroxylation sites is 1. The first-order chi connectivity index (χ1) is 10.9. The number of hydrogen-bond acceptors (Lipinski definition) is 3. The molecule has 1 aromatic carbocycles. The molecule has 1 fully saturated rings. The summed E-state index contributed by atoms with van der Waals surface area (Å²) in [5.74, 6) is 0.930. The van der Waals surface area contributed by atoms with Crippen LogP contribution in [0.25, 0.3) is 16.6 Å². The van der Waals surface area contributed by atoms with Gasteiger partial charge < -0.3 is 19.4 Å². The molecule has 0 amide bonds. The number of nitrogens with one attached hydrogen (secondary N) is 1. The van der Waals surface area contributed by atoms with Crippen molar-refractivity contribution in [1.29, 1.82) is 0 Å². The van der Waals surface area contributed by atoms with Gasteiger partial charge in [0.05, 0.1) is 36.7 Å². The molecule has 0 spiro atoms. The molecule has 22 heavy (non-hydrogen) atoms. The Kier molecular flexibility index (Phi) is 2.59. The largest absolute Gasteiger partial charge is 0.495 e. The van der Waals surface area contributed by atoms with Crippen molar-refractivity contribution < 1.29 is 9.47 Å². The fourth-order valence-corrected chi connectivity index (χ4v) is 4.36. The van der Waals surface area contributed by atoms with Gasteiger partial charge in [0.1, 0.15) is 5.75 Å². The van der Waals surface area contributed by atoms with E-state index in [0.717, 1.165) is 50.2 Å². The molecule has 4 heterocycles. The van der Waals surface area contributed by atoms with Crippen LogP contribution in [0.15, 0.2) is 23.8 Å². The summed E-state index contributed by atoms with van der Waals surface area (Å²) in [4.78, 5) is 6.21. The number of benzene rings is 1. The van der Waals surface area contributed by atoms with E-state index in [1.165, 1.54) is 27.9 Å². The van der Waals surface area contributed by atoms with E-state index < -0.39 is 0 Å². The van der Waals surface area contributed by atoms with Gasteiger partial charge in [-0.2, -0.15) is 0 Å². The van der Waals surface area contributed by atoms with Gasteiger partial charge in [-0.3, -0.25) is 0 Å². The maximum Gasteiger partial charge on any atom is 0.142 e.